The third kappa shape index (κ3) is 4.32. The molecule has 0 aliphatic carbocycles. The van der Waals surface area contributed by atoms with Crippen molar-refractivity contribution in [3.63, 3.8) is 0 Å². The van der Waals surface area contributed by atoms with Gasteiger partial charge in [0.2, 0.25) is 10.0 Å². The summed E-state index contributed by atoms with van der Waals surface area (Å²) in [6.07, 6.45) is 4.38. The summed E-state index contributed by atoms with van der Waals surface area (Å²) in [7, 11) is -1.07. The van der Waals surface area contributed by atoms with Gasteiger partial charge in [-0.15, -0.1) is 6.58 Å². The van der Waals surface area contributed by atoms with Gasteiger partial charge in [-0.25, -0.2) is 13.1 Å². The van der Waals surface area contributed by atoms with E-state index in [2.05, 4.69) is 16.2 Å². The molecule has 1 aliphatic rings. The standard InChI is InChI=1S/C10H20N2O2S/c1-3-4-8-15(13,14)11-9-10-6-5-7-12(10)2/h3,10-11H,1,4-9H2,2H3/t10-/m0/s1. The lowest BCUT2D eigenvalue weighted by atomic mass is 10.2. The van der Waals surface area contributed by atoms with Crippen LogP contribution in [0.4, 0.5) is 0 Å². The second kappa shape index (κ2) is 5.63. The highest BCUT2D eigenvalue weighted by molar-refractivity contribution is 7.89. The number of nitrogens with one attached hydrogen (secondary N) is 1. The molecule has 0 bridgehead atoms. The normalized spacial score (nSPS) is 23.1. The van der Waals surface area contributed by atoms with Gasteiger partial charge in [-0.2, -0.15) is 0 Å². The van der Waals surface area contributed by atoms with Crippen molar-refractivity contribution in [2.24, 2.45) is 0 Å². The Kier molecular flexibility index (Phi) is 4.76. The summed E-state index contributed by atoms with van der Waals surface area (Å²) in [5.41, 5.74) is 0. The summed E-state index contributed by atoms with van der Waals surface area (Å²) < 4.78 is 25.6. The Bertz CT molecular complexity index is 301. The highest BCUT2D eigenvalue weighted by Gasteiger charge is 2.22. The number of hydrogen-bond acceptors (Lipinski definition) is 3. The minimum atomic E-state index is -3.10. The first-order valence-corrected chi connectivity index (χ1v) is 6.99. The number of allylic oxidation sites excluding steroid dienone is 1. The number of nitrogens with zero attached hydrogens (tertiary/aromatic N) is 1. The molecule has 88 valence electrons. The number of sulfonamides is 1. The molecule has 0 aromatic rings. The van der Waals surface area contributed by atoms with Crippen LogP contribution in [0, 0.1) is 0 Å². The fourth-order valence-electron chi connectivity index (χ4n) is 1.77. The maximum Gasteiger partial charge on any atom is 0.211 e. The number of rotatable bonds is 6. The lowest BCUT2D eigenvalue weighted by Crippen LogP contribution is -2.39. The zero-order valence-corrected chi connectivity index (χ0v) is 10.1. The molecule has 0 aromatic carbocycles. The van der Waals surface area contributed by atoms with Crippen LogP contribution in [-0.2, 0) is 10.0 Å². The largest absolute Gasteiger partial charge is 0.302 e. The van der Waals surface area contributed by atoms with E-state index < -0.39 is 10.0 Å². The summed E-state index contributed by atoms with van der Waals surface area (Å²) in [5.74, 6) is 0.146. The van der Waals surface area contributed by atoms with Gasteiger partial charge in [-0.3, -0.25) is 0 Å². The molecule has 0 radical (unpaired) electrons. The molecule has 0 aromatic heterocycles. The second-order valence-electron chi connectivity index (χ2n) is 4.02. The van der Waals surface area contributed by atoms with Gasteiger partial charge in [0.15, 0.2) is 0 Å². The molecule has 1 heterocycles. The molecule has 0 unspecified atom stereocenters. The molecule has 1 aliphatic heterocycles. The van der Waals surface area contributed by atoms with Crippen molar-refractivity contribution in [3.05, 3.63) is 12.7 Å². The van der Waals surface area contributed by atoms with Gasteiger partial charge in [0.1, 0.15) is 0 Å². The van der Waals surface area contributed by atoms with Gasteiger partial charge >= 0.3 is 0 Å². The van der Waals surface area contributed by atoms with Gasteiger partial charge in [0, 0.05) is 12.6 Å². The van der Waals surface area contributed by atoms with Crippen LogP contribution in [0.15, 0.2) is 12.7 Å². The topological polar surface area (TPSA) is 49.4 Å². The van der Waals surface area contributed by atoms with E-state index in [1.54, 1.807) is 6.08 Å². The quantitative estimate of drug-likeness (QED) is 0.681. The molecule has 1 N–H and O–H groups in total. The first-order chi connectivity index (χ1) is 7.05. The number of hydrogen-bond donors (Lipinski definition) is 1. The summed E-state index contributed by atoms with van der Waals surface area (Å²) in [6, 6.07) is 0.364. The Balaban J connectivity index is 2.32. The minimum absolute atomic E-state index is 0.146. The lowest BCUT2D eigenvalue weighted by Gasteiger charge is -2.19. The predicted octanol–water partition coefficient (Wildman–Crippen LogP) is 0.576. The molecule has 1 fully saturated rings. The molecule has 0 amide bonds. The molecule has 4 nitrogen and oxygen atoms in total. The van der Waals surface area contributed by atoms with Crippen molar-refractivity contribution >= 4 is 10.0 Å². The molecule has 1 rings (SSSR count). The zero-order chi connectivity index (χ0) is 11.3. The summed E-state index contributed by atoms with van der Waals surface area (Å²) in [6.45, 7) is 5.12. The van der Waals surface area contributed by atoms with Crippen LogP contribution in [-0.4, -0.2) is 45.2 Å². The third-order valence-electron chi connectivity index (χ3n) is 2.80. The van der Waals surface area contributed by atoms with E-state index in [0.717, 1.165) is 19.4 Å². The Morgan fingerprint density at radius 3 is 2.87 bits per heavy atom. The molecular weight excluding hydrogens is 212 g/mol. The zero-order valence-electron chi connectivity index (χ0n) is 9.28. The maximum absolute atomic E-state index is 11.5. The molecule has 5 heteroatoms. The third-order valence-corrected chi connectivity index (χ3v) is 4.18. The van der Waals surface area contributed by atoms with Crippen LogP contribution in [0.3, 0.4) is 0 Å². The van der Waals surface area contributed by atoms with Crippen molar-refractivity contribution in [1.82, 2.24) is 9.62 Å². The van der Waals surface area contributed by atoms with Crippen LogP contribution >= 0.6 is 0 Å². The Labute approximate surface area is 92.4 Å². The molecule has 0 saturated carbocycles. The van der Waals surface area contributed by atoms with E-state index >= 15 is 0 Å². The lowest BCUT2D eigenvalue weighted by molar-refractivity contribution is 0.311. The fourth-order valence-corrected chi connectivity index (χ4v) is 2.84. The fraction of sp³-hybridized carbons (Fsp3) is 0.800. The van der Waals surface area contributed by atoms with Gasteiger partial charge in [0.05, 0.1) is 5.75 Å². The van der Waals surface area contributed by atoms with Crippen LogP contribution in [0.5, 0.6) is 0 Å². The van der Waals surface area contributed by atoms with Gasteiger partial charge < -0.3 is 4.90 Å². The number of likely N-dealkylation sites (N-methyl/N-ethyl adjacent to an activating group) is 1. The molecule has 1 atom stereocenters. The highest BCUT2D eigenvalue weighted by atomic mass is 32.2. The Hall–Kier alpha value is -0.390. The van der Waals surface area contributed by atoms with Gasteiger partial charge in [-0.1, -0.05) is 6.08 Å². The van der Waals surface area contributed by atoms with E-state index in [0.29, 0.717) is 19.0 Å². The van der Waals surface area contributed by atoms with Crippen LogP contribution in [0.25, 0.3) is 0 Å². The Morgan fingerprint density at radius 1 is 1.60 bits per heavy atom. The minimum Gasteiger partial charge on any atom is -0.302 e. The van der Waals surface area contributed by atoms with E-state index in [1.165, 1.54) is 0 Å². The Morgan fingerprint density at radius 2 is 2.33 bits per heavy atom. The van der Waals surface area contributed by atoms with Crippen molar-refractivity contribution in [3.8, 4) is 0 Å². The van der Waals surface area contributed by atoms with Crippen LogP contribution < -0.4 is 4.72 Å². The first kappa shape index (κ1) is 12.7. The smallest absolute Gasteiger partial charge is 0.211 e. The van der Waals surface area contributed by atoms with E-state index in [1.807, 2.05) is 7.05 Å². The van der Waals surface area contributed by atoms with Gasteiger partial charge in [0.25, 0.3) is 0 Å². The van der Waals surface area contributed by atoms with E-state index in [9.17, 15) is 8.42 Å². The summed E-state index contributed by atoms with van der Waals surface area (Å²) in [4.78, 5) is 2.20. The van der Waals surface area contributed by atoms with E-state index in [4.69, 9.17) is 0 Å². The molecule has 15 heavy (non-hydrogen) atoms. The average Bonchev–Trinajstić information content (AvgIpc) is 2.58. The number of likely N-dealkylation sites (tertiary alicyclic amines) is 1. The SMILES string of the molecule is C=CCCS(=O)(=O)NC[C@@H]1CCCN1C. The monoisotopic (exact) mass is 232 g/mol. The van der Waals surface area contributed by atoms with Crippen LogP contribution in [0.2, 0.25) is 0 Å². The molecule has 1 saturated heterocycles. The van der Waals surface area contributed by atoms with Crippen LogP contribution in [0.1, 0.15) is 19.3 Å². The first-order valence-electron chi connectivity index (χ1n) is 5.33. The van der Waals surface area contributed by atoms with Crippen molar-refractivity contribution in [2.45, 2.75) is 25.3 Å². The highest BCUT2D eigenvalue weighted by Crippen LogP contribution is 2.13. The maximum atomic E-state index is 11.5. The summed E-state index contributed by atoms with van der Waals surface area (Å²) >= 11 is 0. The summed E-state index contributed by atoms with van der Waals surface area (Å²) in [5, 5.41) is 0. The van der Waals surface area contributed by atoms with Crippen molar-refractivity contribution in [1.29, 1.82) is 0 Å². The average molecular weight is 232 g/mol. The molecule has 0 spiro atoms. The predicted molar refractivity (Wildman–Crippen MR) is 62.3 cm³/mol. The van der Waals surface area contributed by atoms with Crippen molar-refractivity contribution in [2.75, 3.05) is 25.9 Å². The van der Waals surface area contributed by atoms with Crippen molar-refractivity contribution < 1.29 is 8.42 Å². The molecular formula is C10H20N2O2S. The van der Waals surface area contributed by atoms with E-state index in [-0.39, 0.29) is 5.75 Å². The van der Waals surface area contributed by atoms with Gasteiger partial charge in [-0.05, 0) is 32.9 Å². The second-order valence-corrected chi connectivity index (χ2v) is 5.95.